The smallest absolute Gasteiger partial charge is 0.198 e. The normalized spacial score (nSPS) is 30.9. The Balaban J connectivity index is 1.70. The molecule has 3 heterocycles. The highest BCUT2D eigenvalue weighted by Crippen LogP contribution is 2.28. The van der Waals surface area contributed by atoms with Gasteiger partial charge in [0.05, 0.1) is 5.69 Å². The minimum Gasteiger partial charge on any atom is -0.448 e. The summed E-state index contributed by atoms with van der Waals surface area (Å²) in [5.41, 5.74) is 1.17. The van der Waals surface area contributed by atoms with Crippen molar-refractivity contribution in [2.45, 2.75) is 31.1 Å². The second-order valence-corrected chi connectivity index (χ2v) is 5.40. The van der Waals surface area contributed by atoms with Gasteiger partial charge in [0, 0.05) is 24.9 Å². The highest BCUT2D eigenvalue weighted by molar-refractivity contribution is 5.09. The van der Waals surface area contributed by atoms with Crippen LogP contribution in [0.15, 0.2) is 10.7 Å². The van der Waals surface area contributed by atoms with E-state index < -0.39 is 0 Å². The zero-order valence-electron chi connectivity index (χ0n) is 10.5. The minimum atomic E-state index is 0.491. The number of likely N-dealkylation sites (tertiary alicyclic amines) is 1. The Morgan fingerprint density at radius 1 is 1.41 bits per heavy atom. The second kappa shape index (κ2) is 4.78. The first-order chi connectivity index (χ1) is 8.33. The lowest BCUT2D eigenvalue weighted by Gasteiger charge is -2.28. The molecule has 1 aromatic heterocycles. The van der Waals surface area contributed by atoms with E-state index in [4.69, 9.17) is 9.40 Å². The molecule has 2 aliphatic heterocycles. The number of hydrogen-bond donors (Lipinski definition) is 1. The van der Waals surface area contributed by atoms with Crippen LogP contribution in [-0.2, 0) is 0 Å². The molecule has 2 aliphatic rings. The molecule has 17 heavy (non-hydrogen) atoms. The predicted molar refractivity (Wildman–Crippen MR) is 66.2 cm³/mol. The quantitative estimate of drug-likeness (QED) is 0.844. The van der Waals surface area contributed by atoms with Gasteiger partial charge in [0.1, 0.15) is 6.26 Å². The average Bonchev–Trinajstić information content (AvgIpc) is 3.00. The number of piperidine rings is 1. The van der Waals surface area contributed by atoms with E-state index in [2.05, 4.69) is 17.3 Å². The SMILES string of the molecule is CN1CCCC(c2coc(C3CCNC3)n2)C1. The summed E-state index contributed by atoms with van der Waals surface area (Å²) in [4.78, 5) is 7.11. The zero-order valence-corrected chi connectivity index (χ0v) is 10.5. The Morgan fingerprint density at radius 3 is 3.12 bits per heavy atom. The summed E-state index contributed by atoms with van der Waals surface area (Å²) >= 11 is 0. The monoisotopic (exact) mass is 235 g/mol. The molecule has 0 spiro atoms. The molecule has 94 valence electrons. The Bertz CT molecular complexity index is 370. The molecule has 1 N–H and O–H groups in total. The lowest BCUT2D eigenvalue weighted by Crippen LogP contribution is -2.30. The van der Waals surface area contributed by atoms with Crippen molar-refractivity contribution in [1.29, 1.82) is 0 Å². The van der Waals surface area contributed by atoms with Crippen molar-refractivity contribution < 1.29 is 4.42 Å². The van der Waals surface area contributed by atoms with Crippen molar-refractivity contribution in [1.82, 2.24) is 15.2 Å². The van der Waals surface area contributed by atoms with E-state index in [1.807, 2.05) is 6.26 Å². The van der Waals surface area contributed by atoms with E-state index in [0.717, 1.165) is 31.9 Å². The van der Waals surface area contributed by atoms with E-state index in [0.29, 0.717) is 11.8 Å². The molecule has 4 nitrogen and oxygen atoms in total. The summed E-state index contributed by atoms with van der Waals surface area (Å²) in [7, 11) is 2.19. The van der Waals surface area contributed by atoms with Crippen LogP contribution in [0.4, 0.5) is 0 Å². The van der Waals surface area contributed by atoms with Crippen LogP contribution in [0, 0.1) is 0 Å². The second-order valence-electron chi connectivity index (χ2n) is 5.40. The minimum absolute atomic E-state index is 0.491. The highest BCUT2D eigenvalue weighted by atomic mass is 16.3. The Kier molecular flexibility index (Phi) is 3.16. The summed E-state index contributed by atoms with van der Waals surface area (Å²) in [5.74, 6) is 2.00. The van der Waals surface area contributed by atoms with Crippen molar-refractivity contribution >= 4 is 0 Å². The summed E-state index contributed by atoms with van der Waals surface area (Å²) < 4.78 is 5.67. The molecule has 4 heteroatoms. The lowest BCUT2D eigenvalue weighted by atomic mass is 9.96. The van der Waals surface area contributed by atoms with E-state index in [-0.39, 0.29) is 0 Å². The molecule has 0 saturated carbocycles. The van der Waals surface area contributed by atoms with E-state index in [9.17, 15) is 0 Å². The lowest BCUT2D eigenvalue weighted by molar-refractivity contribution is 0.248. The van der Waals surface area contributed by atoms with E-state index in [1.54, 1.807) is 0 Å². The van der Waals surface area contributed by atoms with Gasteiger partial charge in [0.2, 0.25) is 0 Å². The number of oxazole rings is 1. The molecular formula is C13H21N3O. The molecule has 0 bridgehead atoms. The van der Waals surface area contributed by atoms with Gasteiger partial charge < -0.3 is 14.6 Å². The highest BCUT2D eigenvalue weighted by Gasteiger charge is 2.25. The summed E-state index contributed by atoms with van der Waals surface area (Å²) in [6.45, 7) is 4.45. The van der Waals surface area contributed by atoms with Gasteiger partial charge in [0.25, 0.3) is 0 Å². The number of nitrogens with zero attached hydrogens (tertiary/aromatic N) is 2. The molecule has 2 atom stereocenters. The van der Waals surface area contributed by atoms with Crippen LogP contribution < -0.4 is 5.32 Å². The standard InChI is InChI=1S/C13H21N3O/c1-16-6-2-3-11(8-16)12-9-17-13(15-12)10-4-5-14-7-10/h9-11,14H,2-8H2,1H3. The number of hydrogen-bond acceptors (Lipinski definition) is 4. The van der Waals surface area contributed by atoms with Crippen LogP contribution in [0.3, 0.4) is 0 Å². The number of likely N-dealkylation sites (N-methyl/N-ethyl adjacent to an activating group) is 1. The molecule has 0 aliphatic carbocycles. The molecule has 0 aromatic carbocycles. The van der Waals surface area contributed by atoms with Crippen LogP contribution in [0.2, 0.25) is 0 Å². The summed E-state index contributed by atoms with van der Waals surface area (Å²) in [6, 6.07) is 0. The topological polar surface area (TPSA) is 41.3 Å². The molecule has 3 rings (SSSR count). The van der Waals surface area contributed by atoms with Crippen LogP contribution in [-0.4, -0.2) is 43.1 Å². The number of aromatic nitrogens is 1. The third-order valence-electron chi connectivity index (χ3n) is 3.99. The first kappa shape index (κ1) is 11.2. The fourth-order valence-electron chi connectivity index (χ4n) is 2.95. The molecule has 0 radical (unpaired) electrons. The van der Waals surface area contributed by atoms with Gasteiger partial charge in [-0.3, -0.25) is 0 Å². The first-order valence-electron chi connectivity index (χ1n) is 6.67. The predicted octanol–water partition coefficient (Wildman–Crippen LogP) is 1.56. The van der Waals surface area contributed by atoms with Gasteiger partial charge in [0.15, 0.2) is 5.89 Å². The Morgan fingerprint density at radius 2 is 2.35 bits per heavy atom. The van der Waals surface area contributed by atoms with Crippen molar-refractivity contribution in [3.8, 4) is 0 Å². The van der Waals surface area contributed by atoms with Crippen molar-refractivity contribution in [2.75, 3.05) is 33.2 Å². The van der Waals surface area contributed by atoms with Crippen LogP contribution in [0.25, 0.3) is 0 Å². The third kappa shape index (κ3) is 2.38. The van der Waals surface area contributed by atoms with Crippen molar-refractivity contribution in [2.24, 2.45) is 0 Å². The first-order valence-corrected chi connectivity index (χ1v) is 6.67. The molecule has 2 fully saturated rings. The van der Waals surface area contributed by atoms with Gasteiger partial charge in [-0.25, -0.2) is 4.98 Å². The maximum atomic E-state index is 5.67. The zero-order chi connectivity index (χ0) is 11.7. The van der Waals surface area contributed by atoms with Crippen LogP contribution >= 0.6 is 0 Å². The van der Waals surface area contributed by atoms with Gasteiger partial charge in [-0.1, -0.05) is 0 Å². The number of nitrogens with one attached hydrogen (secondary N) is 1. The van der Waals surface area contributed by atoms with Gasteiger partial charge in [-0.15, -0.1) is 0 Å². The van der Waals surface area contributed by atoms with Crippen molar-refractivity contribution in [3.63, 3.8) is 0 Å². The fourth-order valence-corrected chi connectivity index (χ4v) is 2.95. The Labute approximate surface area is 102 Å². The van der Waals surface area contributed by atoms with Gasteiger partial charge in [-0.05, 0) is 39.4 Å². The van der Waals surface area contributed by atoms with Crippen molar-refractivity contribution in [3.05, 3.63) is 17.8 Å². The fraction of sp³-hybridized carbons (Fsp3) is 0.769. The van der Waals surface area contributed by atoms with Crippen LogP contribution in [0.1, 0.15) is 42.7 Å². The maximum Gasteiger partial charge on any atom is 0.198 e. The molecular weight excluding hydrogens is 214 g/mol. The summed E-state index contributed by atoms with van der Waals surface area (Å²) in [6.07, 6.45) is 5.57. The summed E-state index contributed by atoms with van der Waals surface area (Å²) in [5, 5.41) is 3.36. The maximum absolute atomic E-state index is 5.67. The molecule has 2 unspecified atom stereocenters. The van der Waals surface area contributed by atoms with Crippen LogP contribution in [0.5, 0.6) is 0 Å². The van der Waals surface area contributed by atoms with E-state index in [1.165, 1.54) is 25.1 Å². The average molecular weight is 235 g/mol. The Hall–Kier alpha value is -0.870. The molecule has 2 saturated heterocycles. The molecule has 1 aromatic rings. The van der Waals surface area contributed by atoms with E-state index >= 15 is 0 Å². The third-order valence-corrected chi connectivity index (χ3v) is 3.99. The largest absolute Gasteiger partial charge is 0.448 e. The number of rotatable bonds is 2. The van der Waals surface area contributed by atoms with Gasteiger partial charge >= 0.3 is 0 Å². The van der Waals surface area contributed by atoms with Gasteiger partial charge in [-0.2, -0.15) is 0 Å². The molecule has 0 amide bonds.